The molecule has 1 atom stereocenters. The Balaban J connectivity index is 1.40. The molecule has 0 saturated carbocycles. The molecule has 3 aromatic rings. The van der Waals surface area contributed by atoms with Crippen LogP contribution in [0, 0.1) is 0 Å². The summed E-state index contributed by atoms with van der Waals surface area (Å²) in [5.41, 5.74) is 1.86. The normalized spacial score (nSPS) is 18.9. The number of rotatable bonds is 5. The van der Waals surface area contributed by atoms with E-state index in [2.05, 4.69) is 45.9 Å². The molecule has 6 heteroatoms. The Morgan fingerprint density at radius 3 is 2.41 bits per heavy atom. The minimum atomic E-state index is 0.128. The van der Waals surface area contributed by atoms with Crippen LogP contribution in [-0.4, -0.2) is 61.7 Å². The zero-order chi connectivity index (χ0) is 23.5. The number of pyridine rings is 1. The number of benzene rings is 2. The smallest absolute Gasteiger partial charge is 0.256 e. The van der Waals surface area contributed by atoms with Crippen molar-refractivity contribution in [1.29, 1.82) is 0 Å². The first-order chi connectivity index (χ1) is 16.7. The number of amides is 1. The van der Waals surface area contributed by atoms with Crippen molar-refractivity contribution >= 4 is 28.2 Å². The molecule has 1 aromatic heterocycles. The predicted octanol–water partition coefficient (Wildman–Crippen LogP) is 4.97. The fourth-order valence-electron chi connectivity index (χ4n) is 5.50. The van der Waals surface area contributed by atoms with Crippen molar-refractivity contribution in [3.8, 4) is 5.75 Å². The minimum absolute atomic E-state index is 0.128. The van der Waals surface area contributed by atoms with Gasteiger partial charge in [-0.05, 0) is 43.2 Å². The van der Waals surface area contributed by atoms with Crippen molar-refractivity contribution in [2.24, 2.45) is 0 Å². The summed E-state index contributed by atoms with van der Waals surface area (Å²) in [6.45, 7) is 6.55. The molecule has 2 saturated heterocycles. The molecule has 0 N–H and O–H groups in total. The molecular formula is C28H34N4O2. The minimum Gasteiger partial charge on any atom is -0.495 e. The molecule has 0 radical (unpaired) electrons. The van der Waals surface area contributed by atoms with E-state index in [4.69, 9.17) is 9.72 Å². The number of ether oxygens (including phenoxy) is 1. The van der Waals surface area contributed by atoms with Gasteiger partial charge < -0.3 is 19.4 Å². The first-order valence-corrected chi connectivity index (χ1v) is 12.5. The fourth-order valence-corrected chi connectivity index (χ4v) is 5.50. The predicted molar refractivity (Wildman–Crippen MR) is 138 cm³/mol. The van der Waals surface area contributed by atoms with Gasteiger partial charge in [-0.2, -0.15) is 0 Å². The number of piperazine rings is 1. The maximum absolute atomic E-state index is 13.6. The number of fused-ring (bicyclic) bond motifs is 1. The zero-order valence-corrected chi connectivity index (χ0v) is 20.2. The van der Waals surface area contributed by atoms with Crippen molar-refractivity contribution in [3.63, 3.8) is 0 Å². The van der Waals surface area contributed by atoms with Crippen LogP contribution in [0.25, 0.3) is 10.8 Å². The molecule has 2 aliphatic rings. The molecule has 0 aliphatic carbocycles. The van der Waals surface area contributed by atoms with Crippen LogP contribution in [0.2, 0.25) is 0 Å². The Bertz CT molecular complexity index is 1160. The van der Waals surface area contributed by atoms with E-state index in [1.807, 2.05) is 30.5 Å². The molecule has 34 heavy (non-hydrogen) atoms. The molecule has 2 aromatic carbocycles. The van der Waals surface area contributed by atoms with Crippen LogP contribution in [0.5, 0.6) is 5.75 Å². The topological polar surface area (TPSA) is 48.9 Å². The van der Waals surface area contributed by atoms with Gasteiger partial charge in [0.05, 0.1) is 18.4 Å². The van der Waals surface area contributed by atoms with Gasteiger partial charge in [-0.3, -0.25) is 4.79 Å². The number of methoxy groups -OCH3 is 1. The maximum atomic E-state index is 13.6. The zero-order valence-electron chi connectivity index (χ0n) is 20.2. The summed E-state index contributed by atoms with van der Waals surface area (Å²) in [5.74, 6) is 2.01. The Labute approximate surface area is 202 Å². The number of carbonyl (C=O) groups excluding carboxylic acids is 1. The van der Waals surface area contributed by atoms with Crippen LogP contribution in [0.4, 0.5) is 11.5 Å². The molecule has 1 amide bonds. The van der Waals surface area contributed by atoms with Gasteiger partial charge in [-0.25, -0.2) is 4.98 Å². The molecular weight excluding hydrogens is 424 g/mol. The van der Waals surface area contributed by atoms with Gasteiger partial charge in [0.15, 0.2) is 0 Å². The lowest BCUT2D eigenvalue weighted by atomic mass is 9.98. The van der Waals surface area contributed by atoms with E-state index in [0.29, 0.717) is 6.04 Å². The number of nitrogens with zero attached hydrogens (tertiary/aromatic N) is 4. The largest absolute Gasteiger partial charge is 0.495 e. The fraction of sp³-hybridized carbons (Fsp3) is 0.429. The van der Waals surface area contributed by atoms with Crippen LogP contribution < -0.4 is 14.5 Å². The number of piperidine rings is 1. The number of para-hydroxylation sites is 2. The van der Waals surface area contributed by atoms with Gasteiger partial charge in [0.2, 0.25) is 0 Å². The Hall–Kier alpha value is -3.28. The van der Waals surface area contributed by atoms with Gasteiger partial charge >= 0.3 is 0 Å². The van der Waals surface area contributed by atoms with Crippen molar-refractivity contribution < 1.29 is 9.53 Å². The third-order valence-corrected chi connectivity index (χ3v) is 7.37. The standard InChI is InChI=1S/C28H34N4O2/c1-3-21-10-8-9-15-32(21)28(33)24-20-29-27(23-12-5-4-11-22(23)24)31-18-16-30(17-19-31)25-13-6-7-14-26(25)34-2/h4-7,11-14,20-21H,3,8-10,15-19H2,1-2H3. The highest BCUT2D eigenvalue weighted by molar-refractivity contribution is 6.09. The van der Waals surface area contributed by atoms with Gasteiger partial charge in [-0.1, -0.05) is 43.3 Å². The van der Waals surface area contributed by atoms with E-state index < -0.39 is 0 Å². The van der Waals surface area contributed by atoms with E-state index in [1.54, 1.807) is 7.11 Å². The number of carbonyl (C=O) groups is 1. The van der Waals surface area contributed by atoms with Crippen LogP contribution in [0.15, 0.2) is 54.7 Å². The first kappa shape index (κ1) is 22.5. The average molecular weight is 459 g/mol. The number of aromatic nitrogens is 1. The summed E-state index contributed by atoms with van der Waals surface area (Å²) >= 11 is 0. The number of likely N-dealkylation sites (tertiary alicyclic amines) is 1. The summed E-state index contributed by atoms with van der Waals surface area (Å²) in [6.07, 6.45) is 6.21. The van der Waals surface area contributed by atoms with Gasteiger partial charge in [0.1, 0.15) is 11.6 Å². The quantitative estimate of drug-likeness (QED) is 0.540. The first-order valence-electron chi connectivity index (χ1n) is 12.5. The lowest BCUT2D eigenvalue weighted by Gasteiger charge is -2.38. The summed E-state index contributed by atoms with van der Waals surface area (Å²) in [6, 6.07) is 16.8. The molecule has 3 heterocycles. The van der Waals surface area contributed by atoms with Crippen molar-refractivity contribution in [2.45, 2.75) is 38.6 Å². The molecule has 178 valence electrons. The van der Waals surface area contributed by atoms with Crippen molar-refractivity contribution in [1.82, 2.24) is 9.88 Å². The van der Waals surface area contributed by atoms with Crippen molar-refractivity contribution in [2.75, 3.05) is 49.6 Å². The van der Waals surface area contributed by atoms with E-state index in [-0.39, 0.29) is 5.91 Å². The molecule has 1 unspecified atom stereocenters. The maximum Gasteiger partial charge on any atom is 0.256 e. The number of hydrogen-bond donors (Lipinski definition) is 0. The lowest BCUT2D eigenvalue weighted by molar-refractivity contribution is 0.0609. The van der Waals surface area contributed by atoms with E-state index >= 15 is 0 Å². The number of hydrogen-bond acceptors (Lipinski definition) is 5. The second kappa shape index (κ2) is 9.92. The third-order valence-electron chi connectivity index (χ3n) is 7.37. The molecule has 0 spiro atoms. The summed E-state index contributed by atoms with van der Waals surface area (Å²) in [5, 5.41) is 2.06. The SMILES string of the molecule is CCC1CCCCN1C(=O)c1cnc(N2CCN(c3ccccc3OC)CC2)c2ccccc12. The van der Waals surface area contributed by atoms with Crippen LogP contribution in [0.1, 0.15) is 43.0 Å². The van der Waals surface area contributed by atoms with Crippen LogP contribution >= 0.6 is 0 Å². The van der Waals surface area contributed by atoms with Crippen LogP contribution in [0.3, 0.4) is 0 Å². The average Bonchev–Trinajstić information content (AvgIpc) is 2.92. The van der Waals surface area contributed by atoms with Gasteiger partial charge in [0.25, 0.3) is 5.91 Å². The second-order valence-corrected chi connectivity index (χ2v) is 9.24. The Morgan fingerprint density at radius 1 is 0.941 bits per heavy atom. The summed E-state index contributed by atoms with van der Waals surface area (Å²) in [7, 11) is 1.72. The van der Waals surface area contributed by atoms with E-state index in [9.17, 15) is 4.79 Å². The highest BCUT2D eigenvalue weighted by atomic mass is 16.5. The number of anilines is 2. The molecule has 6 nitrogen and oxygen atoms in total. The monoisotopic (exact) mass is 458 g/mol. The molecule has 2 aliphatic heterocycles. The summed E-state index contributed by atoms with van der Waals surface area (Å²) in [4.78, 5) is 25.2. The molecule has 5 rings (SSSR count). The van der Waals surface area contributed by atoms with Gasteiger partial charge in [-0.15, -0.1) is 0 Å². The van der Waals surface area contributed by atoms with Gasteiger partial charge in [0, 0.05) is 50.3 Å². The second-order valence-electron chi connectivity index (χ2n) is 9.24. The van der Waals surface area contributed by atoms with Crippen LogP contribution in [-0.2, 0) is 0 Å². The Kier molecular flexibility index (Phi) is 6.57. The highest BCUT2D eigenvalue weighted by Gasteiger charge is 2.29. The lowest BCUT2D eigenvalue weighted by Crippen LogP contribution is -2.47. The summed E-state index contributed by atoms with van der Waals surface area (Å²) < 4.78 is 5.57. The molecule has 2 fully saturated rings. The molecule has 0 bridgehead atoms. The highest BCUT2D eigenvalue weighted by Crippen LogP contribution is 2.32. The van der Waals surface area contributed by atoms with E-state index in [0.717, 1.165) is 85.6 Å². The van der Waals surface area contributed by atoms with Crippen molar-refractivity contribution in [3.05, 3.63) is 60.3 Å². The third kappa shape index (κ3) is 4.17. The Morgan fingerprint density at radius 2 is 1.65 bits per heavy atom. The van der Waals surface area contributed by atoms with E-state index in [1.165, 1.54) is 6.42 Å².